The number of nitrogens with one attached hydrogen (secondary N) is 2. The van der Waals surface area contributed by atoms with Crippen LogP contribution in [0.5, 0.6) is 0 Å². The maximum absolute atomic E-state index is 12.5. The van der Waals surface area contributed by atoms with Crippen LogP contribution in [0.4, 0.5) is 5.69 Å². The van der Waals surface area contributed by atoms with Crippen LogP contribution in [-0.4, -0.2) is 43.0 Å². The average Bonchev–Trinajstić information content (AvgIpc) is 2.86. The summed E-state index contributed by atoms with van der Waals surface area (Å²) in [5, 5.41) is 5.37. The Labute approximate surface area is 169 Å². The minimum Gasteiger partial charge on any atom is -0.350 e. The van der Waals surface area contributed by atoms with Crippen molar-refractivity contribution in [1.29, 1.82) is 0 Å². The Hall–Kier alpha value is -3.20. The normalized spacial score (nSPS) is 14.6. The van der Waals surface area contributed by atoms with Gasteiger partial charge in [-0.25, -0.2) is 12.7 Å². The first-order valence-corrected chi connectivity index (χ1v) is 10.5. The molecule has 0 saturated carbocycles. The van der Waals surface area contributed by atoms with Gasteiger partial charge >= 0.3 is 0 Å². The van der Waals surface area contributed by atoms with E-state index < -0.39 is 21.8 Å². The van der Waals surface area contributed by atoms with E-state index in [0.29, 0.717) is 15.6 Å². The summed E-state index contributed by atoms with van der Waals surface area (Å²) in [6.45, 7) is 3.36. The minimum absolute atomic E-state index is 0.0545. The van der Waals surface area contributed by atoms with Crippen molar-refractivity contribution in [2.75, 3.05) is 11.9 Å². The molecule has 1 aliphatic rings. The number of amides is 3. The quantitative estimate of drug-likeness (QED) is 0.749. The number of sulfonamides is 1. The smallest absolute Gasteiger partial charge is 0.269 e. The van der Waals surface area contributed by atoms with Gasteiger partial charge < -0.3 is 10.6 Å². The van der Waals surface area contributed by atoms with Gasteiger partial charge in [-0.2, -0.15) is 0 Å². The van der Waals surface area contributed by atoms with Crippen molar-refractivity contribution >= 4 is 33.4 Å². The SMILES string of the molecule is CC(C)NC(=O)c1ccccc1NC(=O)CCN1C(=O)c2ccccc2S1(=O)=O. The zero-order valence-corrected chi connectivity index (χ0v) is 16.8. The molecular formula is C20H21N3O5S. The highest BCUT2D eigenvalue weighted by atomic mass is 32.2. The molecule has 0 bridgehead atoms. The average molecular weight is 415 g/mol. The van der Waals surface area contributed by atoms with Crippen LogP contribution >= 0.6 is 0 Å². The second kappa shape index (κ2) is 8.04. The number of anilines is 1. The number of nitrogens with zero attached hydrogens (tertiary/aromatic N) is 1. The number of carbonyl (C=O) groups excluding carboxylic acids is 3. The Morgan fingerprint density at radius 1 is 1.03 bits per heavy atom. The molecule has 1 heterocycles. The van der Waals surface area contributed by atoms with E-state index in [1.54, 1.807) is 36.4 Å². The van der Waals surface area contributed by atoms with E-state index in [0.717, 1.165) is 0 Å². The minimum atomic E-state index is -3.96. The van der Waals surface area contributed by atoms with E-state index in [2.05, 4.69) is 10.6 Å². The lowest BCUT2D eigenvalue weighted by Gasteiger charge is -2.16. The molecule has 0 saturated heterocycles. The van der Waals surface area contributed by atoms with Gasteiger partial charge in [0.1, 0.15) is 4.90 Å². The van der Waals surface area contributed by atoms with Crippen molar-refractivity contribution in [1.82, 2.24) is 9.62 Å². The predicted octanol–water partition coefficient (Wildman–Crippen LogP) is 2.00. The number of hydrogen-bond donors (Lipinski definition) is 2. The van der Waals surface area contributed by atoms with Crippen LogP contribution in [0, 0.1) is 0 Å². The van der Waals surface area contributed by atoms with Crippen LogP contribution in [0.3, 0.4) is 0 Å². The highest BCUT2D eigenvalue weighted by Crippen LogP contribution is 2.29. The van der Waals surface area contributed by atoms with E-state index in [9.17, 15) is 22.8 Å². The molecule has 1 aliphatic heterocycles. The molecule has 9 heteroatoms. The van der Waals surface area contributed by atoms with Crippen LogP contribution < -0.4 is 10.6 Å². The second-order valence-electron chi connectivity index (χ2n) is 6.85. The fourth-order valence-corrected chi connectivity index (χ4v) is 4.57. The Morgan fingerprint density at radius 2 is 1.69 bits per heavy atom. The van der Waals surface area contributed by atoms with Crippen molar-refractivity contribution in [3.05, 3.63) is 59.7 Å². The summed E-state index contributed by atoms with van der Waals surface area (Å²) < 4.78 is 25.8. The molecule has 2 aromatic rings. The topological polar surface area (TPSA) is 113 Å². The molecule has 0 spiro atoms. The van der Waals surface area contributed by atoms with Crippen molar-refractivity contribution in [2.24, 2.45) is 0 Å². The molecule has 29 heavy (non-hydrogen) atoms. The molecule has 0 aliphatic carbocycles. The Morgan fingerprint density at radius 3 is 2.38 bits per heavy atom. The first-order chi connectivity index (χ1) is 13.7. The van der Waals surface area contributed by atoms with Gasteiger partial charge in [-0.3, -0.25) is 14.4 Å². The van der Waals surface area contributed by atoms with Crippen LogP contribution in [0.15, 0.2) is 53.4 Å². The zero-order chi connectivity index (χ0) is 21.2. The molecule has 3 rings (SSSR count). The lowest BCUT2D eigenvalue weighted by molar-refractivity contribution is -0.116. The number of para-hydroxylation sites is 1. The highest BCUT2D eigenvalue weighted by molar-refractivity contribution is 7.90. The molecular weight excluding hydrogens is 394 g/mol. The molecule has 0 radical (unpaired) electrons. The largest absolute Gasteiger partial charge is 0.350 e. The monoisotopic (exact) mass is 415 g/mol. The molecule has 0 atom stereocenters. The fourth-order valence-electron chi connectivity index (χ4n) is 3.00. The van der Waals surface area contributed by atoms with Crippen molar-refractivity contribution < 1.29 is 22.8 Å². The molecule has 2 aromatic carbocycles. The van der Waals surface area contributed by atoms with Crippen LogP contribution in [0.25, 0.3) is 0 Å². The van der Waals surface area contributed by atoms with E-state index >= 15 is 0 Å². The van der Waals surface area contributed by atoms with Gasteiger partial charge in [0.05, 0.1) is 16.8 Å². The molecule has 0 unspecified atom stereocenters. The summed E-state index contributed by atoms with van der Waals surface area (Å²) in [6.07, 6.45) is -0.237. The number of fused-ring (bicyclic) bond motifs is 1. The second-order valence-corrected chi connectivity index (χ2v) is 8.68. The lowest BCUT2D eigenvalue weighted by Crippen LogP contribution is -2.33. The predicted molar refractivity (Wildman–Crippen MR) is 107 cm³/mol. The lowest BCUT2D eigenvalue weighted by atomic mass is 10.1. The number of benzene rings is 2. The molecule has 2 N–H and O–H groups in total. The molecule has 8 nitrogen and oxygen atoms in total. The number of hydrogen-bond acceptors (Lipinski definition) is 5. The van der Waals surface area contributed by atoms with Gasteiger partial charge in [0.15, 0.2) is 0 Å². The first kappa shape index (κ1) is 20.5. The van der Waals surface area contributed by atoms with E-state index in [4.69, 9.17) is 0 Å². The summed E-state index contributed by atoms with van der Waals surface area (Å²) >= 11 is 0. The van der Waals surface area contributed by atoms with E-state index in [1.165, 1.54) is 12.1 Å². The Balaban J connectivity index is 1.69. The van der Waals surface area contributed by atoms with Gasteiger partial charge in [-0.05, 0) is 38.1 Å². The maximum atomic E-state index is 12.5. The zero-order valence-electron chi connectivity index (χ0n) is 16.0. The molecule has 0 aromatic heterocycles. The third kappa shape index (κ3) is 4.14. The van der Waals surface area contributed by atoms with E-state index in [-0.39, 0.29) is 35.4 Å². The number of rotatable bonds is 6. The van der Waals surface area contributed by atoms with Gasteiger partial charge in [0.2, 0.25) is 5.91 Å². The molecule has 152 valence electrons. The summed E-state index contributed by atoms with van der Waals surface area (Å²) in [5.41, 5.74) is 0.713. The summed E-state index contributed by atoms with van der Waals surface area (Å²) in [5.74, 6) is -1.48. The van der Waals surface area contributed by atoms with Crippen LogP contribution in [-0.2, 0) is 14.8 Å². The van der Waals surface area contributed by atoms with Crippen molar-refractivity contribution in [3.63, 3.8) is 0 Å². The Kier molecular flexibility index (Phi) is 5.69. The van der Waals surface area contributed by atoms with Crippen LogP contribution in [0.2, 0.25) is 0 Å². The van der Waals surface area contributed by atoms with Gasteiger partial charge in [-0.15, -0.1) is 0 Å². The van der Waals surface area contributed by atoms with E-state index in [1.807, 2.05) is 13.8 Å². The summed E-state index contributed by atoms with van der Waals surface area (Å²) in [7, 11) is -3.96. The summed E-state index contributed by atoms with van der Waals surface area (Å²) in [4.78, 5) is 37.0. The number of carbonyl (C=O) groups is 3. The van der Waals surface area contributed by atoms with Gasteiger partial charge in [0.25, 0.3) is 21.8 Å². The van der Waals surface area contributed by atoms with Gasteiger partial charge in [-0.1, -0.05) is 24.3 Å². The van der Waals surface area contributed by atoms with Crippen molar-refractivity contribution in [2.45, 2.75) is 31.2 Å². The standard InChI is InChI=1S/C20H21N3O5S/c1-13(2)21-19(25)14-7-3-5-9-16(14)22-18(24)11-12-23-20(26)15-8-4-6-10-17(15)29(23,27)28/h3-10,13H,11-12H2,1-2H3,(H,21,25)(H,22,24). The third-order valence-corrected chi connectivity index (χ3v) is 6.16. The van der Waals surface area contributed by atoms with Crippen LogP contribution in [0.1, 0.15) is 41.0 Å². The van der Waals surface area contributed by atoms with Gasteiger partial charge in [0, 0.05) is 19.0 Å². The third-order valence-electron chi connectivity index (χ3n) is 4.32. The fraction of sp³-hybridized carbons (Fsp3) is 0.250. The maximum Gasteiger partial charge on any atom is 0.269 e. The first-order valence-electron chi connectivity index (χ1n) is 9.07. The highest BCUT2D eigenvalue weighted by Gasteiger charge is 2.40. The molecule has 3 amide bonds. The van der Waals surface area contributed by atoms with Crippen molar-refractivity contribution in [3.8, 4) is 0 Å². The molecule has 0 fully saturated rings. The Bertz CT molecular complexity index is 1080. The summed E-state index contributed by atoms with van der Waals surface area (Å²) in [6, 6.07) is 12.4.